The number of halogens is 5. The number of nitro groups is 1. The maximum absolute atomic E-state index is 13.6. The van der Waals surface area contributed by atoms with E-state index >= 15 is 0 Å². The monoisotopic (exact) mass is 428 g/mol. The van der Waals surface area contributed by atoms with Crippen molar-refractivity contribution in [3.05, 3.63) is 79.3 Å². The van der Waals surface area contributed by atoms with Crippen LogP contribution in [0.3, 0.4) is 0 Å². The molecule has 0 amide bonds. The van der Waals surface area contributed by atoms with Gasteiger partial charge in [-0.15, -0.1) is 0 Å². The lowest BCUT2D eigenvalue weighted by Gasteiger charge is -2.39. The first-order valence-electron chi connectivity index (χ1n) is 8.45. The van der Waals surface area contributed by atoms with Crippen molar-refractivity contribution in [3.63, 3.8) is 0 Å². The van der Waals surface area contributed by atoms with Crippen LogP contribution in [0, 0.1) is 16.0 Å². The van der Waals surface area contributed by atoms with Gasteiger partial charge in [0, 0.05) is 12.0 Å². The number of nitrogens with one attached hydrogen (secondary N) is 1. The molecule has 1 aliphatic heterocycles. The van der Waals surface area contributed by atoms with Gasteiger partial charge in [0.25, 0.3) is 5.69 Å². The molecule has 3 atom stereocenters. The van der Waals surface area contributed by atoms with E-state index < -0.39 is 28.6 Å². The molecular weight excluding hydrogens is 416 g/mol. The van der Waals surface area contributed by atoms with E-state index in [1.54, 1.807) is 12.1 Å². The van der Waals surface area contributed by atoms with Gasteiger partial charge in [0.1, 0.15) is 5.02 Å². The molecule has 2 aliphatic rings. The summed E-state index contributed by atoms with van der Waals surface area (Å²) in [5.41, 5.74) is -0.0508. The van der Waals surface area contributed by atoms with Gasteiger partial charge in [-0.25, -0.2) is 0 Å². The van der Waals surface area contributed by atoms with Crippen LogP contribution in [0.1, 0.15) is 35.1 Å². The lowest BCUT2D eigenvalue weighted by Crippen LogP contribution is -2.31. The van der Waals surface area contributed by atoms with Gasteiger partial charge in [0.05, 0.1) is 27.2 Å². The molecule has 0 radical (unpaired) electrons. The average molecular weight is 429 g/mol. The SMILES string of the molecule is O=[N+]([O-])c1cc([C@@H]2Nc3c(Cl)ccc(C(F)(F)F)c3[C@H]3C=CC[C@@H]32)ccc1Cl. The summed E-state index contributed by atoms with van der Waals surface area (Å²) < 4.78 is 40.8. The van der Waals surface area contributed by atoms with Crippen LogP contribution in [-0.2, 0) is 6.18 Å². The lowest BCUT2D eigenvalue weighted by atomic mass is 9.75. The number of nitro benzene ring substituents is 1. The molecule has 1 aliphatic carbocycles. The minimum absolute atomic E-state index is 0.00319. The molecule has 0 spiro atoms. The Morgan fingerprint density at radius 2 is 1.86 bits per heavy atom. The highest BCUT2D eigenvalue weighted by atomic mass is 35.5. The largest absolute Gasteiger partial charge is 0.416 e. The van der Waals surface area contributed by atoms with Crippen LogP contribution in [0.15, 0.2) is 42.5 Å². The molecule has 1 N–H and O–H groups in total. The molecule has 4 rings (SSSR count). The highest BCUT2D eigenvalue weighted by Crippen LogP contribution is 2.55. The molecule has 146 valence electrons. The zero-order chi connectivity index (χ0) is 20.2. The van der Waals surface area contributed by atoms with Crippen molar-refractivity contribution in [1.29, 1.82) is 0 Å². The number of benzene rings is 2. The number of hydrogen-bond donors (Lipinski definition) is 1. The Labute approximate surface area is 168 Å². The van der Waals surface area contributed by atoms with Crippen molar-refractivity contribution < 1.29 is 18.1 Å². The van der Waals surface area contributed by atoms with E-state index in [4.69, 9.17) is 23.2 Å². The third-order valence-corrected chi connectivity index (χ3v) is 5.93. The number of rotatable bonds is 2. The first-order chi connectivity index (χ1) is 13.2. The number of anilines is 1. The van der Waals surface area contributed by atoms with E-state index in [1.165, 1.54) is 18.2 Å². The summed E-state index contributed by atoms with van der Waals surface area (Å²) in [5, 5.41) is 14.5. The predicted octanol–water partition coefficient (Wildman–Crippen LogP) is 6.75. The van der Waals surface area contributed by atoms with Gasteiger partial charge in [0.15, 0.2) is 0 Å². The van der Waals surface area contributed by atoms with Gasteiger partial charge in [-0.2, -0.15) is 13.2 Å². The van der Waals surface area contributed by atoms with Gasteiger partial charge in [-0.1, -0.05) is 41.4 Å². The van der Waals surface area contributed by atoms with E-state index in [0.29, 0.717) is 12.0 Å². The molecule has 1 heterocycles. The third-order valence-electron chi connectivity index (χ3n) is 5.30. The molecule has 0 saturated heterocycles. The second-order valence-corrected chi connectivity index (χ2v) is 7.64. The molecular formula is C19H13Cl2F3N2O2. The molecule has 0 bridgehead atoms. The summed E-state index contributed by atoms with van der Waals surface area (Å²) in [5.74, 6) is -0.723. The van der Waals surface area contributed by atoms with E-state index in [1.807, 2.05) is 6.08 Å². The zero-order valence-corrected chi connectivity index (χ0v) is 15.6. The van der Waals surface area contributed by atoms with Crippen molar-refractivity contribution in [1.82, 2.24) is 0 Å². The number of alkyl halides is 3. The highest BCUT2D eigenvalue weighted by molar-refractivity contribution is 6.33. The van der Waals surface area contributed by atoms with Crippen LogP contribution < -0.4 is 5.32 Å². The third kappa shape index (κ3) is 3.02. The molecule has 0 fully saturated rings. The van der Waals surface area contributed by atoms with E-state index in [9.17, 15) is 23.3 Å². The molecule has 2 aromatic rings. The fraction of sp³-hybridized carbons (Fsp3) is 0.263. The minimum Gasteiger partial charge on any atom is -0.376 e. The summed E-state index contributed by atoms with van der Waals surface area (Å²) in [6.07, 6.45) is -0.372. The number of hydrogen-bond acceptors (Lipinski definition) is 3. The second kappa shape index (κ2) is 6.67. The Balaban J connectivity index is 1.86. The molecule has 28 heavy (non-hydrogen) atoms. The second-order valence-electron chi connectivity index (χ2n) is 6.82. The van der Waals surface area contributed by atoms with Crippen molar-refractivity contribution >= 4 is 34.6 Å². The van der Waals surface area contributed by atoms with Gasteiger partial charge in [-0.3, -0.25) is 10.1 Å². The summed E-state index contributed by atoms with van der Waals surface area (Å²) >= 11 is 12.1. The predicted molar refractivity (Wildman–Crippen MR) is 101 cm³/mol. The smallest absolute Gasteiger partial charge is 0.376 e. The Hall–Kier alpha value is -2.25. The average Bonchev–Trinajstić information content (AvgIpc) is 3.10. The molecule has 0 saturated carbocycles. The van der Waals surface area contributed by atoms with Crippen LogP contribution >= 0.6 is 23.2 Å². The number of nitrogens with zero attached hydrogens (tertiary/aromatic N) is 1. The Morgan fingerprint density at radius 1 is 1.14 bits per heavy atom. The van der Waals surface area contributed by atoms with E-state index in [0.717, 1.165) is 6.07 Å². The molecule has 2 aromatic carbocycles. The van der Waals surface area contributed by atoms with Crippen LogP contribution in [0.2, 0.25) is 10.0 Å². The summed E-state index contributed by atoms with van der Waals surface area (Å²) in [7, 11) is 0. The van der Waals surface area contributed by atoms with Gasteiger partial charge < -0.3 is 5.32 Å². The Kier molecular flexibility index (Phi) is 4.55. The highest BCUT2D eigenvalue weighted by Gasteiger charge is 2.45. The maximum atomic E-state index is 13.6. The first kappa shape index (κ1) is 19.1. The van der Waals surface area contributed by atoms with Gasteiger partial charge in [0.2, 0.25) is 0 Å². The molecule has 4 nitrogen and oxygen atoms in total. The van der Waals surface area contributed by atoms with Crippen LogP contribution in [-0.4, -0.2) is 4.92 Å². The normalized spacial score (nSPS) is 23.1. The minimum atomic E-state index is -4.51. The Bertz CT molecular complexity index is 1010. The van der Waals surface area contributed by atoms with Crippen molar-refractivity contribution in [2.24, 2.45) is 5.92 Å². The lowest BCUT2D eigenvalue weighted by molar-refractivity contribution is -0.384. The fourth-order valence-electron chi connectivity index (χ4n) is 4.11. The Morgan fingerprint density at radius 3 is 2.54 bits per heavy atom. The summed E-state index contributed by atoms with van der Waals surface area (Å²) in [4.78, 5) is 10.7. The number of fused-ring (bicyclic) bond motifs is 3. The van der Waals surface area contributed by atoms with Crippen LogP contribution in [0.4, 0.5) is 24.5 Å². The van der Waals surface area contributed by atoms with Crippen LogP contribution in [0.25, 0.3) is 0 Å². The van der Waals surface area contributed by atoms with Gasteiger partial charge in [-0.05, 0) is 41.7 Å². The zero-order valence-electron chi connectivity index (χ0n) is 14.1. The van der Waals surface area contributed by atoms with E-state index in [2.05, 4.69) is 5.32 Å². The first-order valence-corrected chi connectivity index (χ1v) is 9.20. The maximum Gasteiger partial charge on any atom is 0.416 e. The summed E-state index contributed by atoms with van der Waals surface area (Å²) in [6, 6.07) is 6.22. The topological polar surface area (TPSA) is 55.2 Å². The molecule has 9 heteroatoms. The summed E-state index contributed by atoms with van der Waals surface area (Å²) in [6.45, 7) is 0. The van der Waals surface area contributed by atoms with Gasteiger partial charge >= 0.3 is 6.18 Å². The van der Waals surface area contributed by atoms with Crippen molar-refractivity contribution in [2.45, 2.75) is 24.6 Å². The number of allylic oxidation sites excluding steroid dienone is 2. The molecule has 0 unspecified atom stereocenters. The van der Waals surface area contributed by atoms with Crippen LogP contribution in [0.5, 0.6) is 0 Å². The van der Waals surface area contributed by atoms with Crippen molar-refractivity contribution in [3.8, 4) is 0 Å². The van der Waals surface area contributed by atoms with Crippen molar-refractivity contribution in [2.75, 3.05) is 5.32 Å². The quantitative estimate of drug-likeness (QED) is 0.327. The van der Waals surface area contributed by atoms with E-state index in [-0.39, 0.29) is 32.9 Å². The fourth-order valence-corrected chi connectivity index (χ4v) is 4.52. The molecule has 0 aromatic heterocycles. The standard InChI is InChI=1S/C19H13Cl2F3N2O2/c20-13-6-4-9(8-15(13)26(27)28)17-11-3-1-2-10(11)16-12(19(22,23)24)5-7-14(21)18(16)25-17/h1-2,4-8,10-11,17,25H,3H2/t10-,11-,17-/m0/s1.